The van der Waals surface area contributed by atoms with Crippen LogP contribution >= 0.6 is 12.2 Å². The molecule has 0 atom stereocenters. The second-order valence-electron chi connectivity index (χ2n) is 4.89. The summed E-state index contributed by atoms with van der Waals surface area (Å²) in [5, 5.41) is 0. The number of nitrogens with two attached hydrogens (primary N) is 1. The fraction of sp³-hybridized carbons (Fsp3) is 0.909. The molecule has 86 valence electrons. The van der Waals surface area contributed by atoms with Crippen LogP contribution in [0.5, 0.6) is 0 Å². The third-order valence-corrected chi connectivity index (χ3v) is 4.36. The minimum absolute atomic E-state index is 0.0400. The van der Waals surface area contributed by atoms with Crippen LogP contribution in [0.25, 0.3) is 0 Å². The second-order valence-corrected chi connectivity index (χ2v) is 5.33. The first-order valence-electron chi connectivity index (χ1n) is 5.89. The predicted octanol–water partition coefficient (Wildman–Crippen LogP) is 0.833. The van der Waals surface area contributed by atoms with Crippen molar-refractivity contribution in [3.8, 4) is 0 Å². The lowest BCUT2D eigenvalue weighted by Gasteiger charge is -2.46. The van der Waals surface area contributed by atoms with Gasteiger partial charge in [-0.1, -0.05) is 12.2 Å². The average molecular weight is 227 g/mol. The maximum absolute atomic E-state index is 6.00. The van der Waals surface area contributed by atoms with Crippen LogP contribution in [0.3, 0.4) is 0 Å². The third-order valence-electron chi connectivity index (χ3n) is 3.98. The summed E-state index contributed by atoms with van der Waals surface area (Å²) in [6, 6.07) is 0. The molecule has 3 nitrogen and oxygen atoms in total. The van der Waals surface area contributed by atoms with E-state index >= 15 is 0 Å². The van der Waals surface area contributed by atoms with Crippen LogP contribution < -0.4 is 5.73 Å². The Morgan fingerprint density at radius 3 is 2.13 bits per heavy atom. The zero-order valence-electron chi connectivity index (χ0n) is 9.54. The molecule has 0 aliphatic carbocycles. The Morgan fingerprint density at radius 1 is 1.13 bits per heavy atom. The second kappa shape index (κ2) is 4.36. The minimum atomic E-state index is 0.0400. The summed E-state index contributed by atoms with van der Waals surface area (Å²) in [5.41, 5.74) is 6.04. The first kappa shape index (κ1) is 11.3. The van der Waals surface area contributed by atoms with E-state index in [1.54, 1.807) is 0 Å². The van der Waals surface area contributed by atoms with Crippen LogP contribution in [0, 0.1) is 0 Å². The quantitative estimate of drug-likeness (QED) is 0.708. The molecule has 0 aromatic carbocycles. The summed E-state index contributed by atoms with van der Waals surface area (Å²) < 4.78 is 0. The molecular formula is C11H21N3S. The molecule has 2 rings (SSSR count). The Kier molecular flexibility index (Phi) is 3.28. The molecule has 15 heavy (non-hydrogen) atoms. The molecular weight excluding hydrogens is 206 g/mol. The molecule has 0 bridgehead atoms. The fourth-order valence-electron chi connectivity index (χ4n) is 2.85. The van der Waals surface area contributed by atoms with Crippen LogP contribution in [-0.4, -0.2) is 53.6 Å². The first-order chi connectivity index (χ1) is 7.15. The van der Waals surface area contributed by atoms with Gasteiger partial charge in [-0.25, -0.2) is 0 Å². The molecule has 0 aromatic heterocycles. The molecule has 0 radical (unpaired) electrons. The summed E-state index contributed by atoms with van der Waals surface area (Å²) in [4.78, 5) is 5.62. The molecule has 0 unspecified atom stereocenters. The molecule has 0 spiro atoms. The Hall–Kier alpha value is -0.190. The molecule has 4 heteroatoms. The summed E-state index contributed by atoms with van der Waals surface area (Å²) in [5.74, 6) is 0. The Bertz CT molecular complexity index is 240. The summed E-state index contributed by atoms with van der Waals surface area (Å²) in [7, 11) is 2.17. The van der Waals surface area contributed by atoms with Gasteiger partial charge in [0.25, 0.3) is 0 Å². The standard InChI is InChI=1S/C11H21N3S/c1-13-8-4-11(5-9-13,10(12)15)14-6-2-3-7-14/h2-9H2,1H3,(H2,12,15). The van der Waals surface area contributed by atoms with Crippen molar-refractivity contribution in [2.45, 2.75) is 31.2 Å². The van der Waals surface area contributed by atoms with Crippen LogP contribution in [0.2, 0.25) is 0 Å². The van der Waals surface area contributed by atoms with E-state index in [2.05, 4.69) is 16.8 Å². The highest BCUT2D eigenvalue weighted by molar-refractivity contribution is 7.80. The topological polar surface area (TPSA) is 32.5 Å². The number of hydrogen-bond donors (Lipinski definition) is 1. The zero-order valence-corrected chi connectivity index (χ0v) is 10.4. The maximum Gasteiger partial charge on any atom is 0.0934 e. The minimum Gasteiger partial charge on any atom is -0.392 e. The largest absolute Gasteiger partial charge is 0.392 e. The van der Waals surface area contributed by atoms with E-state index in [9.17, 15) is 0 Å². The number of hydrogen-bond acceptors (Lipinski definition) is 3. The van der Waals surface area contributed by atoms with Crippen molar-refractivity contribution < 1.29 is 0 Å². The molecule has 2 aliphatic heterocycles. The van der Waals surface area contributed by atoms with Crippen LogP contribution in [-0.2, 0) is 0 Å². The molecule has 2 fully saturated rings. The zero-order chi connectivity index (χ0) is 10.9. The Balaban J connectivity index is 2.13. The van der Waals surface area contributed by atoms with Gasteiger partial charge < -0.3 is 10.6 Å². The summed E-state index contributed by atoms with van der Waals surface area (Å²) in [6.07, 6.45) is 4.83. The first-order valence-corrected chi connectivity index (χ1v) is 6.29. The van der Waals surface area contributed by atoms with Gasteiger partial charge >= 0.3 is 0 Å². The molecule has 2 heterocycles. The van der Waals surface area contributed by atoms with Crippen molar-refractivity contribution >= 4 is 17.2 Å². The number of nitrogens with zero attached hydrogens (tertiary/aromatic N) is 2. The summed E-state index contributed by atoms with van der Waals surface area (Å²) >= 11 is 5.32. The van der Waals surface area contributed by atoms with Crippen molar-refractivity contribution in [1.82, 2.24) is 9.80 Å². The van der Waals surface area contributed by atoms with E-state index in [4.69, 9.17) is 18.0 Å². The monoisotopic (exact) mass is 227 g/mol. The molecule has 2 saturated heterocycles. The van der Waals surface area contributed by atoms with E-state index in [0.29, 0.717) is 0 Å². The van der Waals surface area contributed by atoms with Gasteiger partial charge in [0.15, 0.2) is 0 Å². The lowest BCUT2D eigenvalue weighted by molar-refractivity contribution is 0.101. The lowest BCUT2D eigenvalue weighted by Crippen LogP contribution is -2.60. The number of likely N-dealkylation sites (tertiary alicyclic amines) is 2. The molecule has 2 aliphatic rings. The van der Waals surface area contributed by atoms with Gasteiger partial charge in [-0.05, 0) is 45.8 Å². The highest BCUT2D eigenvalue weighted by Crippen LogP contribution is 2.31. The Morgan fingerprint density at radius 2 is 1.67 bits per heavy atom. The van der Waals surface area contributed by atoms with E-state index in [1.807, 2.05) is 0 Å². The number of rotatable bonds is 2. The predicted molar refractivity (Wildman–Crippen MR) is 67.1 cm³/mol. The fourth-order valence-corrected chi connectivity index (χ4v) is 3.19. The van der Waals surface area contributed by atoms with Gasteiger partial charge in [-0.2, -0.15) is 0 Å². The molecule has 2 N–H and O–H groups in total. The van der Waals surface area contributed by atoms with Gasteiger partial charge in [0.1, 0.15) is 0 Å². The Labute approximate surface area is 97.6 Å². The van der Waals surface area contributed by atoms with E-state index in [0.717, 1.165) is 30.9 Å². The van der Waals surface area contributed by atoms with Gasteiger partial charge in [0.05, 0.1) is 10.5 Å². The highest BCUT2D eigenvalue weighted by atomic mass is 32.1. The van der Waals surface area contributed by atoms with Crippen molar-refractivity contribution in [1.29, 1.82) is 0 Å². The van der Waals surface area contributed by atoms with E-state index < -0.39 is 0 Å². The van der Waals surface area contributed by atoms with Crippen LogP contribution in [0.1, 0.15) is 25.7 Å². The van der Waals surface area contributed by atoms with Crippen LogP contribution in [0.15, 0.2) is 0 Å². The van der Waals surface area contributed by atoms with Gasteiger partial charge in [-0.15, -0.1) is 0 Å². The van der Waals surface area contributed by atoms with Crippen molar-refractivity contribution in [2.24, 2.45) is 5.73 Å². The average Bonchev–Trinajstić information content (AvgIpc) is 2.72. The van der Waals surface area contributed by atoms with Crippen molar-refractivity contribution in [3.63, 3.8) is 0 Å². The normalized spacial score (nSPS) is 28.1. The van der Waals surface area contributed by atoms with Gasteiger partial charge in [-0.3, -0.25) is 4.90 Å². The highest BCUT2D eigenvalue weighted by Gasteiger charge is 2.42. The molecule has 0 aromatic rings. The number of piperidine rings is 1. The SMILES string of the molecule is CN1CCC(C(N)=S)(N2CCCC2)CC1. The van der Waals surface area contributed by atoms with E-state index in [-0.39, 0.29) is 5.54 Å². The smallest absolute Gasteiger partial charge is 0.0934 e. The molecule has 0 saturated carbocycles. The van der Waals surface area contributed by atoms with Crippen LogP contribution in [0.4, 0.5) is 0 Å². The number of thiocarbonyl (C=S) groups is 1. The van der Waals surface area contributed by atoms with Gasteiger partial charge in [0.2, 0.25) is 0 Å². The van der Waals surface area contributed by atoms with Gasteiger partial charge in [0, 0.05) is 13.1 Å². The molecule has 0 amide bonds. The van der Waals surface area contributed by atoms with E-state index in [1.165, 1.54) is 25.9 Å². The maximum atomic E-state index is 6.00. The van der Waals surface area contributed by atoms with Crippen molar-refractivity contribution in [2.75, 3.05) is 33.2 Å². The summed E-state index contributed by atoms with van der Waals surface area (Å²) in [6.45, 7) is 4.60. The van der Waals surface area contributed by atoms with Crippen molar-refractivity contribution in [3.05, 3.63) is 0 Å². The lowest BCUT2D eigenvalue weighted by atomic mass is 9.86. The third kappa shape index (κ3) is 2.03.